The molecule has 0 radical (unpaired) electrons. The molecule has 1 saturated carbocycles. The van der Waals surface area contributed by atoms with Gasteiger partial charge in [0.1, 0.15) is 5.82 Å². The molecule has 1 aliphatic carbocycles. The van der Waals surface area contributed by atoms with Crippen LogP contribution < -0.4 is 0 Å². The van der Waals surface area contributed by atoms with Crippen LogP contribution in [0.15, 0.2) is 24.3 Å². The summed E-state index contributed by atoms with van der Waals surface area (Å²) < 4.78 is 15.4. The third-order valence-corrected chi connectivity index (χ3v) is 7.10. The van der Waals surface area contributed by atoms with Gasteiger partial charge in [0.2, 0.25) is 0 Å². The lowest BCUT2D eigenvalue weighted by molar-refractivity contribution is -0.0606. The first kappa shape index (κ1) is 18.2. The maximum Gasteiger partial charge on any atom is 0.165 e. The largest absolute Gasteiger partial charge is 0.385 e. The Labute approximate surface area is 164 Å². The number of halogens is 1. The second-order valence-corrected chi connectivity index (χ2v) is 8.84. The van der Waals surface area contributed by atoms with Crippen LogP contribution in [0.1, 0.15) is 75.2 Å². The van der Waals surface area contributed by atoms with E-state index in [-0.39, 0.29) is 5.82 Å². The zero-order valence-corrected chi connectivity index (χ0v) is 16.2. The van der Waals surface area contributed by atoms with Gasteiger partial charge in [0.25, 0.3) is 0 Å². The number of tetrazole rings is 1. The van der Waals surface area contributed by atoms with E-state index in [0.717, 1.165) is 43.6 Å². The van der Waals surface area contributed by atoms with Crippen LogP contribution >= 0.6 is 0 Å². The molecule has 2 atom stereocenters. The fourth-order valence-electron chi connectivity index (χ4n) is 5.66. The van der Waals surface area contributed by atoms with E-state index >= 15 is 0 Å². The highest BCUT2D eigenvalue weighted by molar-refractivity contribution is 5.25. The van der Waals surface area contributed by atoms with Crippen molar-refractivity contribution in [1.29, 1.82) is 0 Å². The van der Waals surface area contributed by atoms with Crippen molar-refractivity contribution in [2.24, 2.45) is 0 Å². The summed E-state index contributed by atoms with van der Waals surface area (Å²) in [6.45, 7) is 0.748. The predicted molar refractivity (Wildman–Crippen MR) is 102 cm³/mol. The molecule has 2 bridgehead atoms. The molecule has 1 aromatic carbocycles. The van der Waals surface area contributed by atoms with Gasteiger partial charge in [-0.05, 0) is 66.6 Å². The highest BCUT2D eigenvalue weighted by Gasteiger charge is 2.48. The number of hydrogen-bond donors (Lipinski definition) is 1. The van der Waals surface area contributed by atoms with Crippen LogP contribution in [0.5, 0.6) is 0 Å². The predicted octanol–water partition coefficient (Wildman–Crippen LogP) is 3.33. The Bertz CT molecular complexity index is 802. The molecular formula is C21H28FN5O. The van der Waals surface area contributed by atoms with E-state index in [1.54, 1.807) is 12.1 Å². The number of piperidine rings is 1. The Balaban J connectivity index is 1.33. The smallest absolute Gasteiger partial charge is 0.165 e. The lowest BCUT2D eigenvalue weighted by atomic mass is 9.80. The number of aliphatic hydroxyl groups is 1. The summed E-state index contributed by atoms with van der Waals surface area (Å²) in [6.07, 6.45) is 9.67. The van der Waals surface area contributed by atoms with Crippen molar-refractivity contribution in [1.82, 2.24) is 25.1 Å². The zero-order chi connectivity index (χ0) is 19.1. The van der Waals surface area contributed by atoms with Crippen LogP contribution in [0.2, 0.25) is 0 Å². The van der Waals surface area contributed by atoms with Gasteiger partial charge < -0.3 is 5.11 Å². The number of hydrogen-bond acceptors (Lipinski definition) is 5. The molecule has 150 valence electrons. The number of benzene rings is 1. The second-order valence-electron chi connectivity index (χ2n) is 8.84. The third-order valence-electron chi connectivity index (χ3n) is 7.10. The minimum atomic E-state index is -0.870. The Morgan fingerprint density at radius 1 is 0.964 bits per heavy atom. The number of aromatic nitrogens is 4. The first-order chi connectivity index (χ1) is 13.6. The van der Waals surface area contributed by atoms with Gasteiger partial charge in [-0.3, -0.25) is 4.90 Å². The molecule has 0 unspecified atom stereocenters. The van der Waals surface area contributed by atoms with E-state index < -0.39 is 5.60 Å². The Hall–Kier alpha value is -1.86. The molecule has 28 heavy (non-hydrogen) atoms. The van der Waals surface area contributed by atoms with Gasteiger partial charge >= 0.3 is 0 Å². The van der Waals surface area contributed by atoms with Gasteiger partial charge in [0.15, 0.2) is 5.82 Å². The molecular weight excluding hydrogens is 357 g/mol. The highest BCUT2D eigenvalue weighted by Crippen LogP contribution is 2.46. The first-order valence-electron chi connectivity index (χ1n) is 10.6. The molecule has 2 aromatic rings. The molecule has 7 heteroatoms. The summed E-state index contributed by atoms with van der Waals surface area (Å²) in [6, 6.07) is 7.40. The van der Waals surface area contributed by atoms with Gasteiger partial charge in [0, 0.05) is 12.1 Å². The summed E-state index contributed by atoms with van der Waals surface area (Å²) in [5, 5.41) is 23.9. The standard InChI is InChI=1S/C21H28FN5O/c22-16-8-6-15(7-9-16)21(28)12-18-10-11-19(13-21)26(18)14-20-23-24-25-27(20)17-4-2-1-3-5-17/h6-9,17-19,28H,1-5,10-14H2/t18-,19-/m0/s1. The van der Waals surface area contributed by atoms with E-state index in [1.165, 1.54) is 31.4 Å². The molecule has 0 amide bonds. The summed E-state index contributed by atoms with van der Waals surface area (Å²) in [5.74, 6) is 0.693. The zero-order valence-electron chi connectivity index (χ0n) is 16.2. The van der Waals surface area contributed by atoms with Crippen molar-refractivity contribution in [3.63, 3.8) is 0 Å². The number of nitrogens with zero attached hydrogens (tertiary/aromatic N) is 5. The summed E-state index contributed by atoms with van der Waals surface area (Å²) in [7, 11) is 0. The molecule has 1 N–H and O–H groups in total. The lowest BCUT2D eigenvalue weighted by Crippen LogP contribution is -2.49. The molecule has 6 nitrogen and oxygen atoms in total. The molecule has 2 saturated heterocycles. The van der Waals surface area contributed by atoms with E-state index in [9.17, 15) is 9.50 Å². The maximum absolute atomic E-state index is 13.3. The van der Waals surface area contributed by atoms with Gasteiger partial charge in [-0.2, -0.15) is 0 Å². The van der Waals surface area contributed by atoms with Crippen LogP contribution in [-0.2, 0) is 12.1 Å². The monoisotopic (exact) mass is 385 g/mol. The van der Waals surface area contributed by atoms with E-state index in [0.29, 0.717) is 31.0 Å². The topological polar surface area (TPSA) is 67.1 Å². The quantitative estimate of drug-likeness (QED) is 0.874. The van der Waals surface area contributed by atoms with Crippen molar-refractivity contribution in [3.05, 3.63) is 41.5 Å². The van der Waals surface area contributed by atoms with E-state index in [1.807, 2.05) is 0 Å². The van der Waals surface area contributed by atoms with Crippen molar-refractivity contribution >= 4 is 0 Å². The van der Waals surface area contributed by atoms with Crippen LogP contribution in [0.25, 0.3) is 0 Å². The summed E-state index contributed by atoms with van der Waals surface area (Å²) >= 11 is 0. The molecule has 5 rings (SSSR count). The summed E-state index contributed by atoms with van der Waals surface area (Å²) in [5.41, 5.74) is -0.0387. The van der Waals surface area contributed by atoms with Crippen LogP contribution in [0.4, 0.5) is 4.39 Å². The Kier molecular flexibility index (Phi) is 4.67. The lowest BCUT2D eigenvalue weighted by Gasteiger charge is -2.44. The molecule has 2 aliphatic heterocycles. The van der Waals surface area contributed by atoms with Crippen LogP contribution in [-0.4, -0.2) is 42.3 Å². The molecule has 3 heterocycles. The summed E-state index contributed by atoms with van der Waals surface area (Å²) in [4.78, 5) is 2.49. The van der Waals surface area contributed by atoms with Gasteiger partial charge in [-0.15, -0.1) is 5.10 Å². The van der Waals surface area contributed by atoms with Gasteiger partial charge in [-0.1, -0.05) is 31.4 Å². The maximum atomic E-state index is 13.3. The normalized spacial score (nSPS) is 31.4. The van der Waals surface area contributed by atoms with Crippen molar-refractivity contribution in [2.45, 2.75) is 88.1 Å². The van der Waals surface area contributed by atoms with Gasteiger partial charge in [0.05, 0.1) is 18.2 Å². The average molecular weight is 385 g/mol. The van der Waals surface area contributed by atoms with Gasteiger partial charge in [-0.25, -0.2) is 9.07 Å². The SMILES string of the molecule is OC1(c2ccc(F)cc2)C[C@@H]2CC[C@@H](C1)N2Cc1nnnn1C1CCCCC1. The molecule has 0 spiro atoms. The molecule has 3 fully saturated rings. The minimum Gasteiger partial charge on any atom is -0.385 e. The third kappa shape index (κ3) is 3.24. The number of fused-ring (bicyclic) bond motifs is 2. The van der Waals surface area contributed by atoms with E-state index in [2.05, 4.69) is 25.1 Å². The Morgan fingerprint density at radius 2 is 1.64 bits per heavy atom. The Morgan fingerprint density at radius 3 is 2.32 bits per heavy atom. The first-order valence-corrected chi connectivity index (χ1v) is 10.6. The fourth-order valence-corrected chi connectivity index (χ4v) is 5.66. The minimum absolute atomic E-state index is 0.262. The highest BCUT2D eigenvalue weighted by atomic mass is 19.1. The second kappa shape index (κ2) is 7.19. The van der Waals surface area contributed by atoms with Crippen LogP contribution in [0, 0.1) is 5.82 Å². The molecule has 1 aromatic heterocycles. The van der Waals surface area contributed by atoms with E-state index in [4.69, 9.17) is 0 Å². The van der Waals surface area contributed by atoms with Crippen molar-refractivity contribution in [2.75, 3.05) is 0 Å². The molecule has 3 aliphatic rings. The van der Waals surface area contributed by atoms with Crippen molar-refractivity contribution in [3.8, 4) is 0 Å². The fraction of sp³-hybridized carbons (Fsp3) is 0.667. The number of rotatable bonds is 4. The van der Waals surface area contributed by atoms with Crippen molar-refractivity contribution < 1.29 is 9.50 Å². The van der Waals surface area contributed by atoms with Crippen LogP contribution in [0.3, 0.4) is 0 Å². The average Bonchev–Trinajstić information content (AvgIpc) is 3.26.